The van der Waals surface area contributed by atoms with Gasteiger partial charge in [-0.05, 0) is 43.0 Å². The van der Waals surface area contributed by atoms with Gasteiger partial charge in [-0.15, -0.1) is 0 Å². The van der Waals surface area contributed by atoms with Gasteiger partial charge in [-0.1, -0.05) is 48.9 Å². The number of anilines is 1. The fourth-order valence-corrected chi connectivity index (χ4v) is 4.27. The number of rotatable bonds is 8. The van der Waals surface area contributed by atoms with Gasteiger partial charge in [0.05, 0.1) is 12.6 Å². The van der Waals surface area contributed by atoms with Crippen LogP contribution in [0.4, 0.5) is 10.5 Å². The van der Waals surface area contributed by atoms with Crippen molar-refractivity contribution in [2.24, 2.45) is 0 Å². The molecule has 0 bridgehead atoms. The van der Waals surface area contributed by atoms with Crippen molar-refractivity contribution in [1.29, 1.82) is 0 Å². The first-order valence-corrected chi connectivity index (χ1v) is 11.8. The SMILES string of the molecule is CCC(=O)Nc1cccc([C@@H]2OC(=O)N(Cc3ccc(C)cc3)[C@@H]2C(=O)NC[C@H]2CCCO2)c1. The van der Waals surface area contributed by atoms with E-state index in [9.17, 15) is 14.4 Å². The van der Waals surface area contributed by atoms with Gasteiger partial charge in [0.2, 0.25) is 11.8 Å². The summed E-state index contributed by atoms with van der Waals surface area (Å²) < 4.78 is 11.4. The minimum absolute atomic E-state index is 0.0152. The van der Waals surface area contributed by atoms with E-state index >= 15 is 0 Å². The van der Waals surface area contributed by atoms with Crippen molar-refractivity contribution in [3.05, 3.63) is 65.2 Å². The molecule has 180 valence electrons. The summed E-state index contributed by atoms with van der Waals surface area (Å²) in [7, 11) is 0. The molecule has 2 aliphatic rings. The van der Waals surface area contributed by atoms with Crippen LogP contribution < -0.4 is 10.6 Å². The van der Waals surface area contributed by atoms with E-state index in [0.29, 0.717) is 30.8 Å². The van der Waals surface area contributed by atoms with Crippen LogP contribution in [-0.4, -0.2) is 48.1 Å². The highest BCUT2D eigenvalue weighted by molar-refractivity contribution is 5.91. The number of cyclic esters (lactones) is 1. The summed E-state index contributed by atoms with van der Waals surface area (Å²) in [6.07, 6.45) is 0.853. The smallest absolute Gasteiger partial charge is 0.411 e. The van der Waals surface area contributed by atoms with E-state index < -0.39 is 18.2 Å². The van der Waals surface area contributed by atoms with Crippen LogP contribution in [0.5, 0.6) is 0 Å². The fourth-order valence-electron chi connectivity index (χ4n) is 4.27. The van der Waals surface area contributed by atoms with Gasteiger partial charge in [0.25, 0.3) is 0 Å². The van der Waals surface area contributed by atoms with Crippen LogP contribution in [0.25, 0.3) is 0 Å². The molecule has 0 radical (unpaired) electrons. The molecule has 2 aromatic carbocycles. The van der Waals surface area contributed by atoms with Gasteiger partial charge >= 0.3 is 6.09 Å². The number of nitrogens with zero attached hydrogens (tertiary/aromatic N) is 1. The lowest BCUT2D eigenvalue weighted by molar-refractivity contribution is -0.127. The van der Waals surface area contributed by atoms with Crippen molar-refractivity contribution in [1.82, 2.24) is 10.2 Å². The van der Waals surface area contributed by atoms with Gasteiger partial charge in [0.1, 0.15) is 0 Å². The maximum absolute atomic E-state index is 13.4. The first-order valence-electron chi connectivity index (χ1n) is 11.8. The number of aryl methyl sites for hydroxylation is 1. The van der Waals surface area contributed by atoms with Gasteiger partial charge in [0, 0.05) is 25.3 Å². The van der Waals surface area contributed by atoms with Crippen molar-refractivity contribution >= 4 is 23.6 Å². The normalized spacial score (nSPS) is 21.9. The zero-order valence-electron chi connectivity index (χ0n) is 19.6. The Labute approximate surface area is 199 Å². The van der Waals surface area contributed by atoms with E-state index in [0.717, 1.165) is 24.0 Å². The van der Waals surface area contributed by atoms with Crippen LogP contribution in [0.1, 0.15) is 49.0 Å². The van der Waals surface area contributed by atoms with E-state index in [4.69, 9.17) is 9.47 Å². The van der Waals surface area contributed by atoms with Crippen LogP contribution in [0.15, 0.2) is 48.5 Å². The van der Waals surface area contributed by atoms with Gasteiger partial charge in [-0.25, -0.2) is 4.79 Å². The molecule has 0 spiro atoms. The Morgan fingerprint density at radius 2 is 1.94 bits per heavy atom. The second kappa shape index (κ2) is 10.7. The second-order valence-electron chi connectivity index (χ2n) is 8.77. The van der Waals surface area contributed by atoms with Gasteiger partial charge in [-0.2, -0.15) is 0 Å². The minimum atomic E-state index is -0.854. The lowest BCUT2D eigenvalue weighted by atomic mass is 10.00. The third-order valence-electron chi connectivity index (χ3n) is 6.17. The fraction of sp³-hybridized carbons (Fsp3) is 0.423. The Morgan fingerprint density at radius 3 is 2.65 bits per heavy atom. The highest BCUT2D eigenvalue weighted by Crippen LogP contribution is 2.35. The molecule has 2 fully saturated rings. The van der Waals surface area contributed by atoms with Crippen molar-refractivity contribution in [3.8, 4) is 0 Å². The molecule has 0 unspecified atom stereocenters. The van der Waals surface area contributed by atoms with Crippen molar-refractivity contribution < 1.29 is 23.9 Å². The van der Waals surface area contributed by atoms with Crippen LogP contribution in [0.3, 0.4) is 0 Å². The Hall–Kier alpha value is -3.39. The Morgan fingerprint density at radius 1 is 1.15 bits per heavy atom. The van der Waals surface area contributed by atoms with Crippen molar-refractivity contribution in [3.63, 3.8) is 0 Å². The number of carbonyl (C=O) groups excluding carboxylic acids is 3. The molecule has 34 heavy (non-hydrogen) atoms. The molecule has 3 atom stereocenters. The predicted molar refractivity (Wildman–Crippen MR) is 127 cm³/mol. The number of nitrogens with one attached hydrogen (secondary N) is 2. The largest absolute Gasteiger partial charge is 0.438 e. The van der Waals surface area contributed by atoms with Crippen LogP contribution in [0.2, 0.25) is 0 Å². The van der Waals surface area contributed by atoms with Gasteiger partial charge in [0.15, 0.2) is 12.1 Å². The number of benzene rings is 2. The summed E-state index contributed by atoms with van der Waals surface area (Å²) in [5, 5.41) is 5.78. The first-order chi connectivity index (χ1) is 16.4. The molecule has 2 aromatic rings. The second-order valence-corrected chi connectivity index (χ2v) is 8.77. The number of carbonyl (C=O) groups is 3. The quantitative estimate of drug-likeness (QED) is 0.620. The molecule has 2 saturated heterocycles. The molecule has 3 amide bonds. The van der Waals surface area contributed by atoms with Crippen molar-refractivity contribution in [2.75, 3.05) is 18.5 Å². The molecule has 2 aliphatic heterocycles. The van der Waals surface area contributed by atoms with E-state index in [-0.39, 0.29) is 24.5 Å². The Kier molecular flexibility index (Phi) is 7.47. The van der Waals surface area contributed by atoms with E-state index in [1.165, 1.54) is 4.90 Å². The zero-order chi connectivity index (χ0) is 24.1. The monoisotopic (exact) mass is 465 g/mol. The molecular formula is C26H31N3O5. The van der Waals surface area contributed by atoms with Crippen molar-refractivity contribution in [2.45, 2.75) is 57.9 Å². The number of amides is 3. The number of ether oxygens (including phenoxy) is 2. The maximum atomic E-state index is 13.4. The number of hydrogen-bond donors (Lipinski definition) is 2. The van der Waals surface area contributed by atoms with Crippen LogP contribution >= 0.6 is 0 Å². The van der Waals surface area contributed by atoms with Gasteiger partial charge < -0.3 is 20.1 Å². The van der Waals surface area contributed by atoms with Crippen LogP contribution in [0, 0.1) is 6.92 Å². The zero-order valence-corrected chi connectivity index (χ0v) is 19.6. The molecule has 0 aliphatic carbocycles. The molecule has 0 aromatic heterocycles. The third-order valence-corrected chi connectivity index (χ3v) is 6.17. The molecule has 2 heterocycles. The lowest BCUT2D eigenvalue weighted by Crippen LogP contribution is -2.47. The molecule has 8 nitrogen and oxygen atoms in total. The predicted octanol–water partition coefficient (Wildman–Crippen LogP) is 3.70. The topological polar surface area (TPSA) is 97.0 Å². The molecule has 8 heteroatoms. The Balaban J connectivity index is 1.59. The first kappa shape index (κ1) is 23.8. The molecule has 4 rings (SSSR count). The summed E-state index contributed by atoms with van der Waals surface area (Å²) in [5.74, 6) is -0.408. The van der Waals surface area contributed by atoms with Crippen LogP contribution in [-0.2, 0) is 25.6 Å². The third kappa shape index (κ3) is 5.56. The summed E-state index contributed by atoms with van der Waals surface area (Å²) in [4.78, 5) is 39.6. The van der Waals surface area contributed by atoms with Gasteiger partial charge in [-0.3, -0.25) is 14.5 Å². The minimum Gasteiger partial charge on any atom is -0.438 e. The summed E-state index contributed by atoms with van der Waals surface area (Å²) in [5.41, 5.74) is 3.26. The van der Waals surface area contributed by atoms with E-state index in [1.807, 2.05) is 31.2 Å². The summed E-state index contributed by atoms with van der Waals surface area (Å²) >= 11 is 0. The molecule has 0 saturated carbocycles. The molecule has 2 N–H and O–H groups in total. The average Bonchev–Trinajstić information content (AvgIpc) is 3.47. The molecular weight excluding hydrogens is 434 g/mol. The Bertz CT molecular complexity index is 1030. The van der Waals surface area contributed by atoms with E-state index in [1.54, 1.807) is 31.2 Å². The summed E-state index contributed by atoms with van der Waals surface area (Å²) in [6.45, 7) is 5.11. The number of hydrogen-bond acceptors (Lipinski definition) is 5. The maximum Gasteiger partial charge on any atom is 0.411 e. The average molecular weight is 466 g/mol. The lowest BCUT2D eigenvalue weighted by Gasteiger charge is -2.25. The standard InChI is InChI=1S/C26H31N3O5/c1-3-22(30)28-20-7-4-6-19(14-20)24-23(25(31)27-15-21-8-5-13-33-21)29(26(32)34-24)16-18-11-9-17(2)10-12-18/h4,6-7,9-12,14,21,23-24H,3,5,8,13,15-16H2,1-2H3,(H,27,31)(H,28,30)/t21-,23+,24+/m1/s1. The highest BCUT2D eigenvalue weighted by atomic mass is 16.6. The summed E-state index contributed by atoms with van der Waals surface area (Å²) in [6, 6.07) is 14.1. The van der Waals surface area contributed by atoms with E-state index in [2.05, 4.69) is 10.6 Å². The highest BCUT2D eigenvalue weighted by Gasteiger charge is 2.47.